The van der Waals surface area contributed by atoms with Crippen LogP contribution in [-0.2, 0) is 16.9 Å². The van der Waals surface area contributed by atoms with Gasteiger partial charge in [-0.05, 0) is 26.0 Å². The number of H-pyrrole nitrogens is 1. The smallest absolute Gasteiger partial charge is 0.228 e. The van der Waals surface area contributed by atoms with Gasteiger partial charge >= 0.3 is 0 Å². The second-order valence-electron chi connectivity index (χ2n) is 6.59. The first-order chi connectivity index (χ1) is 11.5. The lowest BCUT2D eigenvalue weighted by Crippen LogP contribution is -2.36. The van der Waals surface area contributed by atoms with E-state index in [1.54, 1.807) is 13.2 Å². The fourth-order valence-corrected chi connectivity index (χ4v) is 3.24. The molecular formula is C18H18N4O2. The summed E-state index contributed by atoms with van der Waals surface area (Å²) in [6.45, 7) is 12.7. The van der Waals surface area contributed by atoms with Crippen LogP contribution in [0.2, 0.25) is 0 Å². The summed E-state index contributed by atoms with van der Waals surface area (Å²) in [5.41, 5.74) is 3.10. The number of rotatable bonds is 2. The molecule has 6 nitrogen and oxygen atoms in total. The molecule has 0 atom stereocenters. The van der Waals surface area contributed by atoms with Gasteiger partial charge in [-0.25, -0.2) is 9.83 Å². The number of benzene rings is 1. The van der Waals surface area contributed by atoms with Crippen molar-refractivity contribution in [2.75, 3.05) is 13.7 Å². The maximum absolute atomic E-state index is 7.27. The Kier molecular flexibility index (Phi) is 3.15. The Balaban J connectivity index is 1.87. The van der Waals surface area contributed by atoms with E-state index < -0.39 is 0 Å². The number of methoxy groups -OCH3 is 1. The monoisotopic (exact) mass is 322 g/mol. The normalized spacial score (nSPS) is 15.9. The van der Waals surface area contributed by atoms with Crippen LogP contribution < -0.4 is 4.74 Å². The van der Waals surface area contributed by atoms with Crippen LogP contribution in [0.25, 0.3) is 27.1 Å². The van der Waals surface area contributed by atoms with Crippen LogP contribution in [0, 0.1) is 6.57 Å². The lowest BCUT2D eigenvalue weighted by molar-refractivity contribution is 0.0182. The Morgan fingerprint density at radius 1 is 1.42 bits per heavy atom. The number of aromatic nitrogens is 3. The highest BCUT2D eigenvalue weighted by atomic mass is 16.5. The third-order valence-corrected chi connectivity index (χ3v) is 4.45. The molecule has 0 fully saturated rings. The van der Waals surface area contributed by atoms with Gasteiger partial charge in [0.05, 0.1) is 31.5 Å². The molecule has 122 valence electrons. The SMILES string of the molecule is [C-]#[N+]c1ccc2[nH]c(-c3cn4c(n3)COCC4(C)C)cc2c1OC. The summed E-state index contributed by atoms with van der Waals surface area (Å²) < 4.78 is 13.3. The molecule has 1 aliphatic heterocycles. The van der Waals surface area contributed by atoms with Crippen molar-refractivity contribution in [1.82, 2.24) is 14.5 Å². The van der Waals surface area contributed by atoms with Gasteiger partial charge < -0.3 is 19.0 Å². The Hall–Kier alpha value is -2.78. The third kappa shape index (κ3) is 2.09. The largest absolute Gasteiger partial charge is 0.507 e. The number of hydrogen-bond acceptors (Lipinski definition) is 3. The van der Waals surface area contributed by atoms with Crippen molar-refractivity contribution in [3.63, 3.8) is 0 Å². The average molecular weight is 322 g/mol. The number of nitrogens with zero attached hydrogens (tertiary/aromatic N) is 3. The minimum Gasteiger partial charge on any atom is -0.507 e. The van der Waals surface area contributed by atoms with Crippen molar-refractivity contribution in [2.24, 2.45) is 0 Å². The molecule has 2 aromatic heterocycles. The molecule has 0 saturated heterocycles. The molecule has 6 heteroatoms. The summed E-state index contributed by atoms with van der Waals surface area (Å²) >= 11 is 0. The quantitative estimate of drug-likeness (QED) is 0.729. The van der Waals surface area contributed by atoms with E-state index in [0.29, 0.717) is 24.7 Å². The number of fused-ring (bicyclic) bond motifs is 2. The van der Waals surface area contributed by atoms with Gasteiger partial charge in [-0.15, -0.1) is 0 Å². The number of aromatic amines is 1. The molecule has 0 bridgehead atoms. The van der Waals surface area contributed by atoms with Crippen molar-refractivity contribution in [1.29, 1.82) is 0 Å². The maximum atomic E-state index is 7.27. The van der Waals surface area contributed by atoms with Gasteiger partial charge in [0.25, 0.3) is 0 Å². The van der Waals surface area contributed by atoms with Crippen molar-refractivity contribution >= 4 is 16.6 Å². The molecule has 0 amide bonds. The minimum atomic E-state index is -0.111. The van der Waals surface area contributed by atoms with Gasteiger partial charge in [-0.2, -0.15) is 0 Å². The summed E-state index contributed by atoms with van der Waals surface area (Å²) in [5.74, 6) is 1.52. The Labute approximate surface area is 139 Å². The van der Waals surface area contributed by atoms with E-state index in [1.165, 1.54) is 0 Å². The summed E-state index contributed by atoms with van der Waals surface area (Å²) in [6.07, 6.45) is 2.06. The molecule has 0 aliphatic carbocycles. The molecule has 0 unspecified atom stereocenters. The topological polar surface area (TPSA) is 56.4 Å². The van der Waals surface area contributed by atoms with Crippen LogP contribution in [0.1, 0.15) is 19.7 Å². The summed E-state index contributed by atoms with van der Waals surface area (Å²) in [6, 6.07) is 5.66. The third-order valence-electron chi connectivity index (χ3n) is 4.45. The zero-order valence-corrected chi connectivity index (χ0v) is 13.9. The van der Waals surface area contributed by atoms with Gasteiger partial charge in [0.2, 0.25) is 5.69 Å². The van der Waals surface area contributed by atoms with E-state index in [2.05, 4.69) is 34.4 Å². The highest BCUT2D eigenvalue weighted by molar-refractivity contribution is 5.95. The maximum Gasteiger partial charge on any atom is 0.228 e. The zero-order valence-electron chi connectivity index (χ0n) is 13.9. The summed E-state index contributed by atoms with van der Waals surface area (Å²) in [5, 5.41) is 0.891. The summed E-state index contributed by atoms with van der Waals surface area (Å²) in [4.78, 5) is 11.6. The second kappa shape index (κ2) is 5.11. The molecule has 0 radical (unpaired) electrons. The van der Waals surface area contributed by atoms with Crippen LogP contribution in [0.3, 0.4) is 0 Å². The van der Waals surface area contributed by atoms with E-state index in [1.807, 2.05) is 12.1 Å². The molecule has 4 rings (SSSR count). The predicted octanol–water partition coefficient (Wildman–Crippen LogP) is 3.86. The van der Waals surface area contributed by atoms with Crippen LogP contribution in [0.15, 0.2) is 24.4 Å². The van der Waals surface area contributed by atoms with Crippen LogP contribution in [0.4, 0.5) is 5.69 Å². The standard InChI is InChI=1S/C18H18N4O2/c1-18(2)10-24-9-16-21-15(8-22(16)18)14-7-11-12(20-14)5-6-13(19-3)17(11)23-4/h5-8,20H,9-10H2,1-2,4H3. The first-order valence-corrected chi connectivity index (χ1v) is 7.77. The molecule has 24 heavy (non-hydrogen) atoms. The fourth-order valence-electron chi connectivity index (χ4n) is 3.24. The van der Waals surface area contributed by atoms with Crippen molar-refractivity contribution in [3.8, 4) is 17.1 Å². The first kappa shape index (κ1) is 14.8. The number of ether oxygens (including phenoxy) is 2. The van der Waals surface area contributed by atoms with Gasteiger partial charge in [-0.1, -0.05) is 6.07 Å². The van der Waals surface area contributed by atoms with E-state index in [-0.39, 0.29) is 5.54 Å². The second-order valence-corrected chi connectivity index (χ2v) is 6.59. The van der Waals surface area contributed by atoms with Gasteiger partial charge in [0, 0.05) is 17.1 Å². The molecule has 3 aromatic rings. The van der Waals surface area contributed by atoms with Crippen molar-refractivity contribution in [3.05, 3.63) is 41.6 Å². The lowest BCUT2D eigenvalue weighted by Gasteiger charge is -2.32. The highest BCUT2D eigenvalue weighted by Gasteiger charge is 2.29. The molecule has 1 N–H and O–H groups in total. The number of nitrogens with one attached hydrogen (secondary N) is 1. The average Bonchev–Trinajstić information content (AvgIpc) is 3.17. The highest BCUT2D eigenvalue weighted by Crippen LogP contribution is 2.38. The predicted molar refractivity (Wildman–Crippen MR) is 91.3 cm³/mol. The van der Waals surface area contributed by atoms with Crippen LogP contribution >= 0.6 is 0 Å². The van der Waals surface area contributed by atoms with E-state index in [4.69, 9.17) is 21.0 Å². The zero-order chi connectivity index (χ0) is 16.9. The summed E-state index contributed by atoms with van der Waals surface area (Å²) in [7, 11) is 1.59. The molecule has 0 saturated carbocycles. The van der Waals surface area contributed by atoms with Crippen LogP contribution in [-0.4, -0.2) is 28.3 Å². The van der Waals surface area contributed by atoms with E-state index in [0.717, 1.165) is 28.1 Å². The number of hydrogen-bond donors (Lipinski definition) is 1. The minimum absolute atomic E-state index is 0.111. The Bertz CT molecular complexity index is 975. The lowest BCUT2D eigenvalue weighted by atomic mass is 10.1. The molecule has 1 aliphatic rings. The van der Waals surface area contributed by atoms with Gasteiger partial charge in [-0.3, -0.25) is 0 Å². The first-order valence-electron chi connectivity index (χ1n) is 7.77. The van der Waals surface area contributed by atoms with Crippen molar-refractivity contribution < 1.29 is 9.47 Å². The van der Waals surface area contributed by atoms with Gasteiger partial charge in [0.15, 0.2) is 0 Å². The van der Waals surface area contributed by atoms with E-state index >= 15 is 0 Å². The van der Waals surface area contributed by atoms with E-state index in [9.17, 15) is 0 Å². The van der Waals surface area contributed by atoms with Crippen LogP contribution in [0.5, 0.6) is 5.75 Å². The number of imidazole rings is 1. The molecular weight excluding hydrogens is 304 g/mol. The Morgan fingerprint density at radius 3 is 2.96 bits per heavy atom. The molecule has 0 spiro atoms. The molecule has 1 aromatic carbocycles. The van der Waals surface area contributed by atoms with Crippen molar-refractivity contribution in [2.45, 2.75) is 26.0 Å². The fraction of sp³-hybridized carbons (Fsp3) is 0.333. The van der Waals surface area contributed by atoms with Gasteiger partial charge in [0.1, 0.15) is 23.9 Å². The molecule has 3 heterocycles. The Morgan fingerprint density at radius 2 is 2.25 bits per heavy atom.